The number of aryl methyl sites for hydroxylation is 1. The second kappa shape index (κ2) is 8.01. The van der Waals surface area contributed by atoms with Gasteiger partial charge in [-0.1, -0.05) is 29.8 Å². The van der Waals surface area contributed by atoms with E-state index in [1.165, 1.54) is 0 Å². The predicted octanol–water partition coefficient (Wildman–Crippen LogP) is 1.28. The molecule has 1 saturated heterocycles. The van der Waals surface area contributed by atoms with Crippen LogP contribution >= 0.6 is 11.8 Å². The second-order valence-corrected chi connectivity index (χ2v) is 6.46. The summed E-state index contributed by atoms with van der Waals surface area (Å²) in [5.74, 6) is 0.110. The van der Waals surface area contributed by atoms with E-state index in [0.29, 0.717) is 13.0 Å². The number of hydrogen-bond donors (Lipinski definition) is 2. The van der Waals surface area contributed by atoms with E-state index in [1.807, 2.05) is 37.4 Å². The number of urea groups is 1. The molecule has 0 radical (unpaired) electrons. The number of rotatable bonds is 7. The Kier molecular flexibility index (Phi) is 6.04. The monoisotopic (exact) mass is 335 g/mol. The lowest BCUT2D eigenvalue weighted by molar-refractivity contribution is -0.132. The molecule has 7 heteroatoms. The smallest absolute Gasteiger partial charge is 0.325 e. The van der Waals surface area contributed by atoms with Crippen molar-refractivity contribution in [2.75, 3.05) is 18.6 Å². The van der Waals surface area contributed by atoms with Crippen LogP contribution in [-0.2, 0) is 16.1 Å². The zero-order chi connectivity index (χ0) is 16.8. The molecule has 0 bridgehead atoms. The van der Waals surface area contributed by atoms with Gasteiger partial charge in [0.15, 0.2) is 0 Å². The first-order valence-corrected chi connectivity index (χ1v) is 8.83. The van der Waals surface area contributed by atoms with Crippen molar-refractivity contribution in [1.29, 1.82) is 0 Å². The minimum absolute atomic E-state index is 0.244. The van der Waals surface area contributed by atoms with Crippen LogP contribution in [0.15, 0.2) is 24.3 Å². The van der Waals surface area contributed by atoms with Crippen molar-refractivity contribution >= 4 is 29.6 Å². The molecule has 2 N–H and O–H groups in total. The van der Waals surface area contributed by atoms with Crippen LogP contribution in [0.25, 0.3) is 0 Å². The quantitative estimate of drug-likeness (QED) is 0.736. The zero-order valence-corrected chi connectivity index (χ0v) is 14.1. The lowest BCUT2D eigenvalue weighted by Gasteiger charge is -2.13. The van der Waals surface area contributed by atoms with Gasteiger partial charge in [0.1, 0.15) is 12.6 Å². The number of thioether (sulfide) groups is 1. The summed E-state index contributed by atoms with van der Waals surface area (Å²) in [6, 6.07) is 6.79. The van der Waals surface area contributed by atoms with Crippen LogP contribution in [0.2, 0.25) is 0 Å². The Morgan fingerprint density at radius 3 is 2.65 bits per heavy atom. The van der Waals surface area contributed by atoms with Gasteiger partial charge in [-0.2, -0.15) is 11.8 Å². The Morgan fingerprint density at radius 1 is 1.30 bits per heavy atom. The molecule has 4 amide bonds. The van der Waals surface area contributed by atoms with E-state index in [-0.39, 0.29) is 18.4 Å². The standard InChI is InChI=1S/C16H21N3O3S/c1-11-3-5-12(6-4-11)9-17-14(20)10-19-15(21)13(7-8-23-2)18-16(19)22/h3-6,13H,7-10H2,1-2H3,(H,17,20)(H,18,22)/t13-/m1/s1. The van der Waals surface area contributed by atoms with Crippen LogP contribution in [0.5, 0.6) is 0 Å². The van der Waals surface area contributed by atoms with E-state index in [1.54, 1.807) is 11.8 Å². The molecule has 0 unspecified atom stereocenters. The molecule has 1 atom stereocenters. The number of amides is 4. The molecule has 0 aromatic heterocycles. The second-order valence-electron chi connectivity index (χ2n) is 5.47. The minimum atomic E-state index is -0.514. The maximum Gasteiger partial charge on any atom is 0.325 e. The maximum absolute atomic E-state index is 12.1. The van der Waals surface area contributed by atoms with Gasteiger partial charge in [0, 0.05) is 6.54 Å². The summed E-state index contributed by atoms with van der Waals surface area (Å²) >= 11 is 1.61. The Hall–Kier alpha value is -2.02. The van der Waals surface area contributed by atoms with Crippen LogP contribution in [0.3, 0.4) is 0 Å². The Morgan fingerprint density at radius 2 is 2.00 bits per heavy atom. The summed E-state index contributed by atoms with van der Waals surface area (Å²) in [5, 5.41) is 5.35. The Bertz CT molecular complexity index is 589. The molecular formula is C16H21N3O3S. The van der Waals surface area contributed by atoms with Crippen molar-refractivity contribution in [1.82, 2.24) is 15.5 Å². The van der Waals surface area contributed by atoms with Gasteiger partial charge in [-0.05, 0) is 30.9 Å². The highest BCUT2D eigenvalue weighted by atomic mass is 32.2. The highest BCUT2D eigenvalue weighted by Crippen LogP contribution is 2.11. The SMILES string of the molecule is CSCC[C@H]1NC(=O)N(CC(=O)NCc2ccc(C)cc2)C1=O. The Labute approximate surface area is 140 Å². The van der Waals surface area contributed by atoms with Crippen LogP contribution in [0, 0.1) is 6.92 Å². The fourth-order valence-electron chi connectivity index (χ4n) is 2.26. The molecule has 2 rings (SSSR count). The van der Waals surface area contributed by atoms with Crippen molar-refractivity contribution in [3.8, 4) is 0 Å². The summed E-state index contributed by atoms with van der Waals surface area (Å²) in [6.07, 6.45) is 2.52. The molecule has 0 aliphatic carbocycles. The summed E-state index contributed by atoms with van der Waals surface area (Å²) < 4.78 is 0. The van der Waals surface area contributed by atoms with E-state index in [9.17, 15) is 14.4 Å². The first kappa shape index (κ1) is 17.3. The third-order valence-corrected chi connectivity index (χ3v) is 4.27. The van der Waals surface area contributed by atoms with Crippen molar-refractivity contribution < 1.29 is 14.4 Å². The molecule has 1 aromatic carbocycles. The van der Waals surface area contributed by atoms with Gasteiger partial charge in [-0.3, -0.25) is 14.5 Å². The molecule has 1 heterocycles. The lowest BCUT2D eigenvalue weighted by Crippen LogP contribution is -2.41. The molecule has 0 spiro atoms. The van der Waals surface area contributed by atoms with E-state index in [4.69, 9.17) is 0 Å². The number of hydrogen-bond acceptors (Lipinski definition) is 4. The van der Waals surface area contributed by atoms with Gasteiger partial charge in [-0.25, -0.2) is 4.79 Å². The number of benzene rings is 1. The first-order chi connectivity index (χ1) is 11.0. The van der Waals surface area contributed by atoms with Gasteiger partial charge in [0.2, 0.25) is 5.91 Å². The largest absolute Gasteiger partial charge is 0.350 e. The third kappa shape index (κ3) is 4.72. The molecule has 1 aliphatic rings. The van der Waals surface area contributed by atoms with E-state index in [0.717, 1.165) is 21.8 Å². The molecule has 6 nitrogen and oxygen atoms in total. The highest BCUT2D eigenvalue weighted by Gasteiger charge is 2.38. The zero-order valence-electron chi connectivity index (χ0n) is 13.3. The number of carbonyl (C=O) groups is 3. The predicted molar refractivity (Wildman–Crippen MR) is 90.1 cm³/mol. The highest BCUT2D eigenvalue weighted by molar-refractivity contribution is 7.98. The minimum Gasteiger partial charge on any atom is -0.350 e. The molecule has 0 saturated carbocycles. The maximum atomic E-state index is 12.1. The molecule has 124 valence electrons. The van der Waals surface area contributed by atoms with Crippen molar-refractivity contribution in [2.45, 2.75) is 25.9 Å². The lowest BCUT2D eigenvalue weighted by atomic mass is 10.1. The topological polar surface area (TPSA) is 78.5 Å². The van der Waals surface area contributed by atoms with Gasteiger partial charge < -0.3 is 10.6 Å². The van der Waals surface area contributed by atoms with Crippen LogP contribution in [0.1, 0.15) is 17.5 Å². The fraction of sp³-hybridized carbons (Fsp3) is 0.438. The average molecular weight is 335 g/mol. The van der Waals surface area contributed by atoms with E-state index >= 15 is 0 Å². The molecular weight excluding hydrogens is 314 g/mol. The van der Waals surface area contributed by atoms with Crippen LogP contribution in [0.4, 0.5) is 4.79 Å². The average Bonchev–Trinajstić information content (AvgIpc) is 2.80. The van der Waals surface area contributed by atoms with Crippen molar-refractivity contribution in [2.24, 2.45) is 0 Å². The Balaban J connectivity index is 1.83. The normalized spacial score (nSPS) is 17.3. The number of carbonyl (C=O) groups excluding carboxylic acids is 3. The molecule has 1 aromatic rings. The number of imide groups is 1. The summed E-state index contributed by atoms with van der Waals surface area (Å²) in [6.45, 7) is 2.12. The van der Waals surface area contributed by atoms with Crippen LogP contribution < -0.4 is 10.6 Å². The summed E-state index contributed by atoms with van der Waals surface area (Å²) in [4.78, 5) is 36.9. The molecule has 23 heavy (non-hydrogen) atoms. The summed E-state index contributed by atoms with van der Waals surface area (Å²) in [5.41, 5.74) is 2.12. The van der Waals surface area contributed by atoms with E-state index < -0.39 is 12.1 Å². The number of nitrogens with zero attached hydrogens (tertiary/aromatic N) is 1. The van der Waals surface area contributed by atoms with Gasteiger partial charge in [0.05, 0.1) is 0 Å². The van der Waals surface area contributed by atoms with Gasteiger partial charge >= 0.3 is 6.03 Å². The van der Waals surface area contributed by atoms with Gasteiger partial charge in [0.25, 0.3) is 5.91 Å². The van der Waals surface area contributed by atoms with Crippen LogP contribution in [-0.4, -0.2) is 47.3 Å². The molecule has 1 aliphatic heterocycles. The van der Waals surface area contributed by atoms with Crippen molar-refractivity contribution in [3.63, 3.8) is 0 Å². The fourth-order valence-corrected chi connectivity index (χ4v) is 2.74. The first-order valence-electron chi connectivity index (χ1n) is 7.44. The van der Waals surface area contributed by atoms with Crippen molar-refractivity contribution in [3.05, 3.63) is 35.4 Å². The number of nitrogens with one attached hydrogen (secondary N) is 2. The third-order valence-electron chi connectivity index (χ3n) is 3.63. The van der Waals surface area contributed by atoms with E-state index in [2.05, 4.69) is 10.6 Å². The summed E-state index contributed by atoms with van der Waals surface area (Å²) in [7, 11) is 0. The molecule has 1 fully saturated rings. The van der Waals surface area contributed by atoms with Gasteiger partial charge in [-0.15, -0.1) is 0 Å².